The van der Waals surface area contributed by atoms with Gasteiger partial charge in [0.1, 0.15) is 5.92 Å². The summed E-state index contributed by atoms with van der Waals surface area (Å²) in [5.74, 6) is -0.896. The zero-order valence-electron chi connectivity index (χ0n) is 21.1. The van der Waals surface area contributed by atoms with Crippen LogP contribution in [-0.2, 0) is 14.1 Å². The first-order valence-electron chi connectivity index (χ1n) is 11.5. The monoisotopic (exact) mass is 452 g/mol. The van der Waals surface area contributed by atoms with Crippen LogP contribution in [0.3, 0.4) is 0 Å². The molecule has 0 saturated heterocycles. The van der Waals surface area contributed by atoms with E-state index in [0.717, 1.165) is 48.8 Å². The Balaban J connectivity index is 0.00000436. The second kappa shape index (κ2) is 14.6. The summed E-state index contributed by atoms with van der Waals surface area (Å²) in [6, 6.07) is 4.04. The third kappa shape index (κ3) is 11.1. The van der Waals surface area contributed by atoms with Crippen molar-refractivity contribution in [3.8, 4) is 0 Å². The SMILES string of the molecule is CCCCCCOC(=O)C(CC(C)CC(C)(C)C)C(=O)c1c(C)cc(C)cc1C.O=[PH3]. The van der Waals surface area contributed by atoms with Crippen LogP contribution >= 0.6 is 9.12 Å². The number of benzene rings is 1. The maximum absolute atomic E-state index is 13.5. The number of unbranched alkanes of at least 4 members (excludes halogenated alkanes) is 3. The molecule has 0 N–H and O–H groups in total. The van der Waals surface area contributed by atoms with Gasteiger partial charge in [-0.15, -0.1) is 0 Å². The van der Waals surface area contributed by atoms with Crippen LogP contribution in [0.2, 0.25) is 0 Å². The Labute approximate surface area is 192 Å². The molecule has 0 aromatic heterocycles. The Morgan fingerprint density at radius 2 is 1.55 bits per heavy atom. The van der Waals surface area contributed by atoms with Crippen molar-refractivity contribution in [3.05, 3.63) is 34.4 Å². The molecule has 1 rings (SSSR count). The molecule has 3 atom stereocenters. The molecule has 0 bridgehead atoms. The Kier molecular flexibility index (Phi) is 13.9. The molecule has 0 spiro atoms. The Morgan fingerprint density at radius 3 is 2.03 bits per heavy atom. The summed E-state index contributed by atoms with van der Waals surface area (Å²) < 4.78 is 13.8. The molecule has 0 radical (unpaired) electrons. The van der Waals surface area contributed by atoms with Crippen LogP contribution in [0.25, 0.3) is 0 Å². The van der Waals surface area contributed by atoms with E-state index in [1.807, 2.05) is 32.9 Å². The number of aryl methyl sites for hydroxylation is 3. The summed E-state index contributed by atoms with van der Waals surface area (Å²) in [4.78, 5) is 26.4. The average Bonchev–Trinajstić information content (AvgIpc) is 2.65. The van der Waals surface area contributed by atoms with Gasteiger partial charge in [-0.2, -0.15) is 0 Å². The molecule has 0 amide bonds. The summed E-state index contributed by atoms with van der Waals surface area (Å²) in [5.41, 5.74) is 3.86. The largest absolute Gasteiger partial charge is 0.465 e. The first-order chi connectivity index (χ1) is 14.5. The van der Waals surface area contributed by atoms with Crippen molar-refractivity contribution < 1.29 is 18.9 Å². The zero-order chi connectivity index (χ0) is 24.2. The lowest BCUT2D eigenvalue weighted by Crippen LogP contribution is -2.30. The number of rotatable bonds is 11. The molecular formula is C26H45O4P. The molecule has 31 heavy (non-hydrogen) atoms. The number of carbonyl (C=O) groups is 2. The highest BCUT2D eigenvalue weighted by molar-refractivity contribution is 7.00. The predicted octanol–water partition coefficient (Wildman–Crippen LogP) is 6.94. The Morgan fingerprint density at radius 1 is 1.00 bits per heavy atom. The third-order valence-electron chi connectivity index (χ3n) is 5.37. The van der Waals surface area contributed by atoms with Gasteiger partial charge in [0.05, 0.1) is 15.7 Å². The number of hydrogen-bond acceptors (Lipinski definition) is 4. The Hall–Kier alpha value is -1.41. The summed E-state index contributed by atoms with van der Waals surface area (Å²) in [6.07, 6.45) is 5.71. The van der Waals surface area contributed by atoms with E-state index in [1.165, 1.54) is 0 Å². The van der Waals surface area contributed by atoms with Gasteiger partial charge in [0.15, 0.2) is 5.78 Å². The second-order valence-corrected chi connectivity index (χ2v) is 10.0. The molecule has 0 fully saturated rings. The van der Waals surface area contributed by atoms with Crippen LogP contribution in [0.1, 0.15) is 100 Å². The quantitative estimate of drug-likeness (QED) is 0.120. The number of carbonyl (C=O) groups excluding carboxylic acids is 2. The van der Waals surface area contributed by atoms with Gasteiger partial charge in [0.2, 0.25) is 0 Å². The van der Waals surface area contributed by atoms with Crippen LogP contribution in [0.5, 0.6) is 0 Å². The van der Waals surface area contributed by atoms with E-state index < -0.39 is 5.92 Å². The van der Waals surface area contributed by atoms with Crippen LogP contribution < -0.4 is 0 Å². The molecule has 1 aromatic carbocycles. The van der Waals surface area contributed by atoms with E-state index in [-0.39, 0.29) is 23.1 Å². The van der Waals surface area contributed by atoms with Gasteiger partial charge in [-0.05, 0) is 62.5 Å². The normalized spacial score (nSPS) is 13.2. The van der Waals surface area contributed by atoms with Crippen LogP contribution in [0.4, 0.5) is 0 Å². The summed E-state index contributed by atoms with van der Waals surface area (Å²) >= 11 is 0. The van der Waals surface area contributed by atoms with E-state index in [9.17, 15) is 9.59 Å². The molecule has 0 aliphatic carbocycles. The molecule has 0 saturated carbocycles. The fourth-order valence-electron chi connectivity index (χ4n) is 4.39. The highest BCUT2D eigenvalue weighted by atomic mass is 31.0. The van der Waals surface area contributed by atoms with E-state index in [2.05, 4.69) is 34.6 Å². The molecule has 5 heteroatoms. The molecule has 3 unspecified atom stereocenters. The number of hydrogen-bond donors (Lipinski definition) is 0. The number of ether oxygens (including phenoxy) is 1. The van der Waals surface area contributed by atoms with E-state index in [0.29, 0.717) is 27.7 Å². The molecule has 0 aliphatic rings. The maximum Gasteiger partial charge on any atom is 0.316 e. The van der Waals surface area contributed by atoms with E-state index in [1.54, 1.807) is 0 Å². The summed E-state index contributed by atoms with van der Waals surface area (Å²) in [6.45, 7) is 17.2. The van der Waals surface area contributed by atoms with Crippen molar-refractivity contribution in [3.63, 3.8) is 0 Å². The van der Waals surface area contributed by atoms with Gasteiger partial charge in [-0.3, -0.25) is 9.59 Å². The van der Waals surface area contributed by atoms with Crippen molar-refractivity contribution in [1.29, 1.82) is 0 Å². The van der Waals surface area contributed by atoms with Gasteiger partial charge in [-0.1, -0.05) is 71.6 Å². The lowest BCUT2D eigenvalue weighted by atomic mass is 9.79. The van der Waals surface area contributed by atoms with Crippen molar-refractivity contribution in [1.82, 2.24) is 0 Å². The van der Waals surface area contributed by atoms with Gasteiger partial charge < -0.3 is 9.30 Å². The first kappa shape index (κ1) is 29.6. The fourth-order valence-corrected chi connectivity index (χ4v) is 4.39. The lowest BCUT2D eigenvalue weighted by Gasteiger charge is -2.26. The van der Waals surface area contributed by atoms with Crippen molar-refractivity contribution >= 4 is 20.9 Å². The second-order valence-electron chi connectivity index (χ2n) is 10.0. The first-order valence-corrected chi connectivity index (χ1v) is 12.1. The van der Waals surface area contributed by atoms with Gasteiger partial charge in [-0.25, -0.2) is 0 Å². The average molecular weight is 453 g/mol. The molecule has 178 valence electrons. The number of ketones is 1. The number of Topliss-reactive ketones (excluding diaryl/α,β-unsaturated/α-hetero) is 1. The molecular weight excluding hydrogens is 407 g/mol. The lowest BCUT2D eigenvalue weighted by molar-refractivity contribution is -0.147. The van der Waals surface area contributed by atoms with Crippen molar-refractivity contribution in [2.24, 2.45) is 17.3 Å². The predicted molar refractivity (Wildman–Crippen MR) is 133 cm³/mol. The highest BCUT2D eigenvalue weighted by Gasteiger charge is 2.33. The van der Waals surface area contributed by atoms with Gasteiger partial charge >= 0.3 is 5.97 Å². The summed E-state index contributed by atoms with van der Waals surface area (Å²) in [7, 11) is 0.611. The van der Waals surface area contributed by atoms with E-state index >= 15 is 0 Å². The fraction of sp³-hybridized carbons (Fsp3) is 0.692. The molecule has 0 heterocycles. The van der Waals surface area contributed by atoms with Gasteiger partial charge in [0, 0.05) is 5.56 Å². The van der Waals surface area contributed by atoms with Crippen molar-refractivity contribution in [2.75, 3.05) is 6.61 Å². The van der Waals surface area contributed by atoms with Crippen LogP contribution in [0.15, 0.2) is 12.1 Å². The Bertz CT molecular complexity index is 683. The standard InChI is InChI=1S/C26H42O3.H3OP/c1-9-10-11-12-13-29-25(28)22(16-19(3)17-26(6,7)8)24(27)23-20(4)14-18(2)15-21(23)5;1-2/h14-15,19,22H,9-13,16-17H2,1-8H3;2H3. The zero-order valence-corrected chi connectivity index (χ0v) is 22.5. The number of esters is 1. The van der Waals surface area contributed by atoms with Crippen LogP contribution in [0, 0.1) is 38.0 Å². The molecule has 4 nitrogen and oxygen atoms in total. The molecule has 0 aliphatic heterocycles. The highest BCUT2D eigenvalue weighted by Crippen LogP contribution is 2.31. The summed E-state index contributed by atoms with van der Waals surface area (Å²) in [5, 5.41) is 0. The topological polar surface area (TPSA) is 60.4 Å². The minimum Gasteiger partial charge on any atom is -0.465 e. The maximum atomic E-state index is 13.5. The van der Waals surface area contributed by atoms with Gasteiger partial charge in [0.25, 0.3) is 0 Å². The smallest absolute Gasteiger partial charge is 0.316 e. The minimum atomic E-state index is -0.723. The van der Waals surface area contributed by atoms with Crippen LogP contribution in [-0.4, -0.2) is 18.4 Å². The minimum absolute atomic E-state index is 0.0840. The van der Waals surface area contributed by atoms with E-state index in [4.69, 9.17) is 9.30 Å². The molecule has 1 aromatic rings. The van der Waals surface area contributed by atoms with Crippen molar-refractivity contribution in [2.45, 2.75) is 93.9 Å². The third-order valence-corrected chi connectivity index (χ3v) is 5.37.